The molecule has 22 heavy (non-hydrogen) atoms. The molecule has 0 atom stereocenters. The van der Waals surface area contributed by atoms with Gasteiger partial charge < -0.3 is 5.32 Å². The first-order valence-corrected chi connectivity index (χ1v) is 8.45. The van der Waals surface area contributed by atoms with Gasteiger partial charge >= 0.3 is 0 Å². The average molecular weight is 352 g/mol. The molecule has 2 aromatic heterocycles. The summed E-state index contributed by atoms with van der Waals surface area (Å²) in [5.41, 5.74) is 1.59. The van der Waals surface area contributed by atoms with Crippen LogP contribution in [0.15, 0.2) is 41.1 Å². The van der Waals surface area contributed by atoms with E-state index in [9.17, 15) is 4.79 Å². The van der Waals surface area contributed by atoms with Gasteiger partial charge in [0.15, 0.2) is 10.3 Å². The fraction of sp³-hybridized carbons (Fsp3) is 0.0769. The van der Waals surface area contributed by atoms with Crippen molar-refractivity contribution in [3.8, 4) is 11.3 Å². The van der Waals surface area contributed by atoms with Crippen LogP contribution in [-0.2, 0) is 4.79 Å². The maximum Gasteiger partial charge on any atom is 0.236 e. The van der Waals surface area contributed by atoms with Gasteiger partial charge in [0.05, 0.1) is 11.4 Å². The highest BCUT2D eigenvalue weighted by molar-refractivity contribution is 7.99. The summed E-state index contributed by atoms with van der Waals surface area (Å²) in [5, 5.41) is 12.8. The van der Waals surface area contributed by atoms with Crippen molar-refractivity contribution < 1.29 is 4.79 Å². The number of thiazole rings is 1. The number of nitrogens with one attached hydrogen (secondary N) is 2. The van der Waals surface area contributed by atoms with Crippen LogP contribution in [0.4, 0.5) is 5.13 Å². The summed E-state index contributed by atoms with van der Waals surface area (Å²) in [4.78, 5) is 20.2. The number of aromatic amines is 1. The summed E-state index contributed by atoms with van der Waals surface area (Å²) < 4.78 is 0. The summed E-state index contributed by atoms with van der Waals surface area (Å²) in [7, 11) is 0. The third-order valence-electron chi connectivity index (χ3n) is 2.63. The van der Waals surface area contributed by atoms with Crippen LogP contribution in [0.5, 0.6) is 0 Å². The van der Waals surface area contributed by atoms with Gasteiger partial charge in [-0.05, 0) is 6.07 Å². The zero-order valence-corrected chi connectivity index (χ0v) is 13.5. The van der Waals surface area contributed by atoms with Crippen molar-refractivity contribution in [2.75, 3.05) is 11.1 Å². The molecule has 0 aliphatic carbocycles. The Morgan fingerprint density at radius 2 is 2.27 bits per heavy atom. The summed E-state index contributed by atoms with van der Waals surface area (Å²) in [6, 6.07) is 7.46. The van der Waals surface area contributed by atoms with E-state index in [1.807, 2.05) is 29.6 Å². The van der Waals surface area contributed by atoms with E-state index in [0.717, 1.165) is 11.3 Å². The van der Waals surface area contributed by atoms with Crippen molar-refractivity contribution in [2.24, 2.45) is 0 Å². The lowest BCUT2D eigenvalue weighted by Crippen LogP contribution is -2.13. The summed E-state index contributed by atoms with van der Waals surface area (Å²) in [6.45, 7) is 0. The van der Waals surface area contributed by atoms with Crippen LogP contribution in [-0.4, -0.2) is 31.8 Å². The highest BCUT2D eigenvalue weighted by Gasteiger charge is 2.10. The molecule has 1 aromatic carbocycles. The largest absolute Gasteiger partial charge is 0.301 e. The monoisotopic (exact) mass is 351 g/mol. The second kappa shape index (κ2) is 6.91. The Bertz CT molecular complexity index is 774. The molecule has 0 aliphatic heterocycles. The summed E-state index contributed by atoms with van der Waals surface area (Å²) >= 11 is 8.77. The standard InChI is InChI=1S/C13H10ClN5OS2/c14-9-4-2-1-3-8(9)10-5-21-13(17-10)18-11(20)6-22-12-15-7-16-19-12/h1-5,7H,6H2,(H,15,16,19)(H,17,18,20). The van der Waals surface area contributed by atoms with Gasteiger partial charge in [-0.15, -0.1) is 11.3 Å². The predicted octanol–water partition coefficient (Wildman–Crippen LogP) is 3.31. The van der Waals surface area contributed by atoms with E-state index in [1.165, 1.54) is 29.4 Å². The molecule has 0 unspecified atom stereocenters. The smallest absolute Gasteiger partial charge is 0.236 e. The van der Waals surface area contributed by atoms with Crippen LogP contribution < -0.4 is 5.32 Å². The zero-order valence-electron chi connectivity index (χ0n) is 11.1. The molecule has 2 N–H and O–H groups in total. The van der Waals surface area contributed by atoms with Gasteiger partial charge in [-0.1, -0.05) is 41.6 Å². The Morgan fingerprint density at radius 1 is 1.41 bits per heavy atom. The Morgan fingerprint density at radius 3 is 3.05 bits per heavy atom. The highest BCUT2D eigenvalue weighted by Crippen LogP contribution is 2.30. The molecule has 0 saturated heterocycles. The number of aromatic nitrogens is 4. The maximum absolute atomic E-state index is 11.9. The van der Waals surface area contributed by atoms with Crippen molar-refractivity contribution >= 4 is 45.7 Å². The number of amides is 1. The molecular weight excluding hydrogens is 342 g/mol. The maximum atomic E-state index is 11.9. The third kappa shape index (κ3) is 3.65. The van der Waals surface area contributed by atoms with E-state index in [4.69, 9.17) is 11.6 Å². The lowest BCUT2D eigenvalue weighted by Gasteiger charge is -2.00. The Balaban J connectivity index is 1.62. The van der Waals surface area contributed by atoms with Gasteiger partial charge in [0, 0.05) is 16.0 Å². The zero-order chi connectivity index (χ0) is 15.4. The Hall–Kier alpha value is -1.90. The molecule has 0 saturated carbocycles. The lowest BCUT2D eigenvalue weighted by atomic mass is 10.2. The Labute approximate surface area is 139 Å². The number of halogens is 1. The molecule has 112 valence electrons. The molecule has 3 aromatic rings. The second-order valence-corrected chi connectivity index (χ2v) is 6.37. The number of rotatable bonds is 5. The molecule has 0 radical (unpaired) electrons. The topological polar surface area (TPSA) is 83.6 Å². The SMILES string of the molecule is O=C(CSc1ncn[nH]1)Nc1nc(-c2ccccc2Cl)cs1. The van der Waals surface area contributed by atoms with Crippen LogP contribution in [0.1, 0.15) is 0 Å². The molecule has 1 amide bonds. The minimum Gasteiger partial charge on any atom is -0.301 e. The number of carbonyl (C=O) groups is 1. The molecule has 0 aliphatic rings. The molecule has 6 nitrogen and oxygen atoms in total. The van der Waals surface area contributed by atoms with E-state index < -0.39 is 0 Å². The van der Waals surface area contributed by atoms with Crippen LogP contribution in [0.25, 0.3) is 11.3 Å². The molecule has 0 bridgehead atoms. The summed E-state index contributed by atoms with van der Waals surface area (Å²) in [6.07, 6.45) is 1.40. The number of hydrogen-bond acceptors (Lipinski definition) is 6. The normalized spacial score (nSPS) is 10.6. The van der Waals surface area contributed by atoms with Gasteiger partial charge in [0.2, 0.25) is 5.91 Å². The first-order chi connectivity index (χ1) is 10.7. The number of carbonyl (C=O) groups excluding carboxylic acids is 1. The predicted molar refractivity (Wildman–Crippen MR) is 88.3 cm³/mol. The van der Waals surface area contributed by atoms with Crippen molar-refractivity contribution in [3.63, 3.8) is 0 Å². The van der Waals surface area contributed by atoms with Crippen LogP contribution in [0, 0.1) is 0 Å². The first kappa shape index (κ1) is 15.0. The number of hydrogen-bond donors (Lipinski definition) is 2. The molecule has 0 fully saturated rings. The lowest BCUT2D eigenvalue weighted by molar-refractivity contribution is -0.113. The quantitative estimate of drug-likeness (QED) is 0.689. The minimum absolute atomic E-state index is 0.151. The van der Waals surface area contributed by atoms with Gasteiger partial charge in [-0.25, -0.2) is 9.97 Å². The van der Waals surface area contributed by atoms with Gasteiger partial charge in [-0.3, -0.25) is 9.89 Å². The van der Waals surface area contributed by atoms with E-state index in [2.05, 4.69) is 25.5 Å². The molecular formula is C13H10ClN5OS2. The van der Waals surface area contributed by atoms with Crippen molar-refractivity contribution in [1.82, 2.24) is 20.2 Å². The second-order valence-electron chi connectivity index (χ2n) is 4.15. The van der Waals surface area contributed by atoms with E-state index in [-0.39, 0.29) is 11.7 Å². The van der Waals surface area contributed by atoms with Crippen molar-refractivity contribution in [2.45, 2.75) is 5.16 Å². The third-order valence-corrected chi connectivity index (χ3v) is 4.60. The average Bonchev–Trinajstić information content (AvgIpc) is 3.17. The highest BCUT2D eigenvalue weighted by atomic mass is 35.5. The molecule has 0 spiro atoms. The number of thioether (sulfide) groups is 1. The van der Waals surface area contributed by atoms with E-state index in [1.54, 1.807) is 0 Å². The number of H-pyrrole nitrogens is 1. The van der Waals surface area contributed by atoms with Crippen molar-refractivity contribution in [3.05, 3.63) is 41.0 Å². The Kier molecular flexibility index (Phi) is 4.71. The number of anilines is 1. The summed E-state index contributed by atoms with van der Waals surface area (Å²) in [5.74, 6) is 0.0809. The van der Waals surface area contributed by atoms with E-state index in [0.29, 0.717) is 15.3 Å². The van der Waals surface area contributed by atoms with Crippen LogP contribution >= 0.6 is 34.7 Å². The van der Waals surface area contributed by atoms with Gasteiger partial charge in [0.25, 0.3) is 0 Å². The molecule has 3 rings (SSSR count). The van der Waals surface area contributed by atoms with Crippen LogP contribution in [0.3, 0.4) is 0 Å². The number of benzene rings is 1. The minimum atomic E-state index is -0.151. The number of nitrogens with zero attached hydrogens (tertiary/aromatic N) is 3. The van der Waals surface area contributed by atoms with Gasteiger partial charge in [-0.2, -0.15) is 5.10 Å². The van der Waals surface area contributed by atoms with E-state index >= 15 is 0 Å². The van der Waals surface area contributed by atoms with Crippen LogP contribution in [0.2, 0.25) is 5.02 Å². The first-order valence-electron chi connectivity index (χ1n) is 6.21. The fourth-order valence-corrected chi connectivity index (χ4v) is 3.22. The van der Waals surface area contributed by atoms with Crippen molar-refractivity contribution in [1.29, 1.82) is 0 Å². The van der Waals surface area contributed by atoms with Gasteiger partial charge in [0.1, 0.15) is 6.33 Å². The molecule has 9 heteroatoms. The fourth-order valence-electron chi connectivity index (χ4n) is 1.68. The molecule has 2 heterocycles.